The Kier molecular flexibility index (Phi) is 10.9. The van der Waals surface area contributed by atoms with E-state index in [0.29, 0.717) is 30.5 Å². The van der Waals surface area contributed by atoms with Crippen LogP contribution in [0.1, 0.15) is 141 Å². The van der Waals surface area contributed by atoms with Crippen molar-refractivity contribution in [2.45, 2.75) is 159 Å². The molecule has 3 heterocycles. The summed E-state index contributed by atoms with van der Waals surface area (Å²) in [5, 5.41) is 28.1. The first-order valence-electron chi connectivity index (χ1n) is 20.5. The highest BCUT2D eigenvalue weighted by atomic mass is 16.7. The minimum absolute atomic E-state index is 0.167. The molecule has 296 valence electrons. The maximum Gasteiger partial charge on any atom is 0.485 e. The van der Waals surface area contributed by atoms with Gasteiger partial charge in [0, 0.05) is 18.5 Å². The molecule has 2 aliphatic carbocycles. The Morgan fingerprint density at radius 2 is 1.60 bits per heavy atom. The number of carbonyl (C=O) groups excluding carboxylic acids is 3. The number of aromatic nitrogens is 3. The quantitative estimate of drug-likeness (QED) is 0.213. The number of nitrogens with zero attached hydrogens (tertiary/aromatic N) is 4. The Hall–Kier alpha value is -3.81. The van der Waals surface area contributed by atoms with Gasteiger partial charge in [-0.2, -0.15) is 0 Å². The van der Waals surface area contributed by atoms with Crippen LogP contribution in [-0.4, -0.2) is 85.1 Å². The summed E-state index contributed by atoms with van der Waals surface area (Å²) in [5.74, 6) is -0.620. The molecule has 3 aromatic rings. The molecule has 2 saturated heterocycles. The van der Waals surface area contributed by atoms with Crippen LogP contribution in [0.25, 0.3) is 10.8 Å². The second-order valence-corrected chi connectivity index (χ2v) is 18.1. The van der Waals surface area contributed by atoms with Crippen LogP contribution >= 0.6 is 0 Å². The summed E-state index contributed by atoms with van der Waals surface area (Å²) in [5.41, 5.74) is -2.21. The highest BCUT2D eigenvalue weighted by molar-refractivity contribution is 6.50. The molecule has 3 atom stereocenters. The van der Waals surface area contributed by atoms with E-state index in [2.05, 4.69) is 20.9 Å². The predicted octanol–water partition coefficient (Wildman–Crippen LogP) is 6.02. The van der Waals surface area contributed by atoms with Crippen molar-refractivity contribution < 1.29 is 28.8 Å². The molecule has 4 aliphatic rings. The van der Waals surface area contributed by atoms with Gasteiger partial charge in [0.1, 0.15) is 17.7 Å². The fraction of sp³-hybridized carbons (Fsp3) is 0.643. The van der Waals surface area contributed by atoms with Crippen LogP contribution in [-0.2, 0) is 24.5 Å². The standard InChI is InChI=1S/C42H59BN6O6/c1-39(2,53)35-26-44-47-49(35)32-25-34(37(51)46-42(21-13-8-14-22-42)43-54-40(3,4)41(5,6)55-43)48(27-32)38(52)33(23-28-15-9-7-10-16-28)45-36(50)31-20-19-29-17-11-12-18-30(29)24-31/h11-12,17-20,24,26,28,32-34,53H,7-10,13-16,21-23,25,27H2,1-6H3,(H,45,50)(H,46,51)/t32-,33+,34-/m0/s1. The van der Waals surface area contributed by atoms with Gasteiger partial charge in [-0.1, -0.05) is 86.9 Å². The highest BCUT2D eigenvalue weighted by Gasteiger charge is 2.61. The second-order valence-electron chi connectivity index (χ2n) is 18.1. The number of likely N-dealkylation sites (tertiary alicyclic amines) is 1. The summed E-state index contributed by atoms with van der Waals surface area (Å²) >= 11 is 0. The Balaban J connectivity index is 1.21. The van der Waals surface area contributed by atoms with Crippen LogP contribution in [0.4, 0.5) is 0 Å². The minimum atomic E-state index is -1.25. The summed E-state index contributed by atoms with van der Waals surface area (Å²) < 4.78 is 14.9. The summed E-state index contributed by atoms with van der Waals surface area (Å²) in [6.45, 7) is 11.6. The molecule has 2 aromatic carbocycles. The van der Waals surface area contributed by atoms with Gasteiger partial charge in [-0.25, -0.2) is 4.68 Å². The Bertz CT molecular complexity index is 1860. The van der Waals surface area contributed by atoms with E-state index in [1.807, 2.05) is 64.1 Å². The fourth-order valence-electron chi connectivity index (χ4n) is 9.18. The van der Waals surface area contributed by atoms with E-state index < -0.39 is 47.5 Å². The van der Waals surface area contributed by atoms with Crippen LogP contribution in [0.2, 0.25) is 0 Å². The fourth-order valence-corrected chi connectivity index (χ4v) is 9.18. The molecule has 3 N–H and O–H groups in total. The van der Waals surface area contributed by atoms with E-state index in [-0.39, 0.29) is 36.6 Å². The van der Waals surface area contributed by atoms with E-state index in [1.165, 1.54) is 12.6 Å². The number of carbonyl (C=O) groups is 3. The van der Waals surface area contributed by atoms with Gasteiger partial charge < -0.3 is 29.9 Å². The van der Waals surface area contributed by atoms with Crippen molar-refractivity contribution in [1.29, 1.82) is 0 Å². The van der Waals surface area contributed by atoms with E-state index in [1.54, 1.807) is 29.5 Å². The number of benzene rings is 2. The molecule has 7 rings (SSSR count). The third-order valence-electron chi connectivity index (χ3n) is 13.1. The molecule has 0 bridgehead atoms. The molecule has 0 spiro atoms. The first-order valence-corrected chi connectivity index (χ1v) is 20.5. The zero-order valence-corrected chi connectivity index (χ0v) is 33.5. The number of hydrogen-bond donors (Lipinski definition) is 3. The molecule has 2 aliphatic heterocycles. The minimum Gasteiger partial charge on any atom is -0.402 e. The molecule has 0 radical (unpaired) electrons. The molecule has 2 saturated carbocycles. The number of amides is 3. The van der Waals surface area contributed by atoms with Crippen LogP contribution in [0, 0.1) is 5.92 Å². The molecule has 0 unspecified atom stereocenters. The van der Waals surface area contributed by atoms with Gasteiger partial charge in [-0.05, 0) is 89.6 Å². The lowest BCUT2D eigenvalue weighted by atomic mass is 9.57. The molecule has 4 fully saturated rings. The van der Waals surface area contributed by atoms with E-state index in [4.69, 9.17) is 9.31 Å². The van der Waals surface area contributed by atoms with Gasteiger partial charge in [-0.15, -0.1) is 5.10 Å². The number of nitrogens with one attached hydrogen (secondary N) is 2. The number of fused-ring (bicyclic) bond motifs is 1. The largest absolute Gasteiger partial charge is 0.485 e. The van der Waals surface area contributed by atoms with Crippen molar-refractivity contribution >= 4 is 35.6 Å². The van der Waals surface area contributed by atoms with E-state index >= 15 is 4.79 Å². The smallest absolute Gasteiger partial charge is 0.402 e. The van der Waals surface area contributed by atoms with Gasteiger partial charge in [0.15, 0.2) is 0 Å². The summed E-state index contributed by atoms with van der Waals surface area (Å²) in [6.07, 6.45) is 11.9. The average molecular weight is 755 g/mol. The monoisotopic (exact) mass is 754 g/mol. The average Bonchev–Trinajstić information content (AvgIpc) is 3.88. The molecule has 1 aromatic heterocycles. The van der Waals surface area contributed by atoms with Gasteiger partial charge >= 0.3 is 7.12 Å². The lowest BCUT2D eigenvalue weighted by Crippen LogP contribution is -2.64. The molecule has 55 heavy (non-hydrogen) atoms. The summed E-state index contributed by atoms with van der Waals surface area (Å²) in [7, 11) is -0.652. The van der Waals surface area contributed by atoms with Gasteiger partial charge in [-0.3, -0.25) is 14.4 Å². The van der Waals surface area contributed by atoms with Crippen molar-refractivity contribution in [2.24, 2.45) is 5.92 Å². The third kappa shape index (κ3) is 8.07. The van der Waals surface area contributed by atoms with Crippen molar-refractivity contribution in [3.63, 3.8) is 0 Å². The zero-order valence-electron chi connectivity index (χ0n) is 33.5. The van der Waals surface area contributed by atoms with Crippen LogP contribution in [0.5, 0.6) is 0 Å². The van der Waals surface area contributed by atoms with Gasteiger partial charge in [0.05, 0.1) is 34.6 Å². The van der Waals surface area contributed by atoms with Gasteiger partial charge in [0.25, 0.3) is 5.91 Å². The topological polar surface area (TPSA) is 148 Å². The molecular weight excluding hydrogens is 695 g/mol. The van der Waals surface area contributed by atoms with Crippen molar-refractivity contribution in [2.75, 3.05) is 6.54 Å². The van der Waals surface area contributed by atoms with Crippen molar-refractivity contribution in [1.82, 2.24) is 30.5 Å². The summed E-state index contributed by atoms with van der Waals surface area (Å²) in [4.78, 5) is 45.6. The normalized spacial score (nSPS) is 24.5. The van der Waals surface area contributed by atoms with E-state index in [9.17, 15) is 14.7 Å². The zero-order chi connectivity index (χ0) is 39.2. The summed E-state index contributed by atoms with van der Waals surface area (Å²) in [6, 6.07) is 11.3. The van der Waals surface area contributed by atoms with Crippen molar-refractivity contribution in [3.8, 4) is 0 Å². The number of hydrogen-bond acceptors (Lipinski definition) is 8. The molecule has 3 amide bonds. The van der Waals surface area contributed by atoms with E-state index in [0.717, 1.165) is 55.7 Å². The Morgan fingerprint density at radius 3 is 2.27 bits per heavy atom. The molecule has 12 nitrogen and oxygen atoms in total. The third-order valence-corrected chi connectivity index (χ3v) is 13.1. The van der Waals surface area contributed by atoms with Crippen LogP contribution in [0.3, 0.4) is 0 Å². The van der Waals surface area contributed by atoms with Crippen LogP contribution in [0.15, 0.2) is 48.7 Å². The first-order chi connectivity index (χ1) is 26.1. The molecular formula is C42H59BN6O6. The maximum atomic E-state index is 15.1. The molecule has 13 heteroatoms. The van der Waals surface area contributed by atoms with Crippen LogP contribution < -0.4 is 10.6 Å². The predicted molar refractivity (Wildman–Crippen MR) is 211 cm³/mol. The second kappa shape index (κ2) is 15.3. The van der Waals surface area contributed by atoms with Crippen molar-refractivity contribution in [3.05, 3.63) is 59.9 Å². The lowest BCUT2D eigenvalue weighted by molar-refractivity contribution is -0.141. The Morgan fingerprint density at radius 1 is 0.945 bits per heavy atom. The first kappa shape index (κ1) is 39.4. The number of aliphatic hydroxyl groups is 1. The number of rotatable bonds is 10. The Labute approximate surface area is 325 Å². The SMILES string of the molecule is CC(C)(O)c1cnnn1[C@H]1C[C@@H](C(=O)NC2(B3OC(C)(C)C(C)(C)O3)CCCCC2)N(C(=O)[C@@H](CC2CCCCC2)NC(=O)c2ccc3ccccc3c2)C1. The highest BCUT2D eigenvalue weighted by Crippen LogP contribution is 2.44. The maximum absolute atomic E-state index is 15.1. The lowest BCUT2D eigenvalue weighted by Gasteiger charge is -2.41. The van der Waals surface area contributed by atoms with Gasteiger partial charge in [0.2, 0.25) is 11.8 Å².